The van der Waals surface area contributed by atoms with Crippen molar-refractivity contribution < 1.29 is 9.53 Å². The van der Waals surface area contributed by atoms with Crippen LogP contribution in [0.15, 0.2) is 60.7 Å². The quantitative estimate of drug-likeness (QED) is 0.494. The Labute approximate surface area is 167 Å². The van der Waals surface area contributed by atoms with E-state index in [9.17, 15) is 4.79 Å². The van der Waals surface area contributed by atoms with Crippen LogP contribution in [0, 0.1) is 19.3 Å². The Morgan fingerprint density at radius 3 is 2.50 bits per heavy atom. The first-order valence-electron chi connectivity index (χ1n) is 9.85. The van der Waals surface area contributed by atoms with Crippen LogP contribution in [0.25, 0.3) is 10.8 Å². The van der Waals surface area contributed by atoms with Crippen LogP contribution in [-0.2, 0) is 4.79 Å². The molecular weight excluding hydrogens is 346 g/mol. The first kappa shape index (κ1) is 19.9. The van der Waals surface area contributed by atoms with Crippen molar-refractivity contribution in [1.82, 2.24) is 0 Å². The number of carbonyl (C=O) groups excluding carboxylic acids is 1. The lowest BCUT2D eigenvalue weighted by Crippen LogP contribution is -2.31. The summed E-state index contributed by atoms with van der Waals surface area (Å²) in [5.41, 5.74) is 2.70. The first-order valence-corrected chi connectivity index (χ1v) is 9.85. The standard InChI is InChI=1S/C25H29NO2/c1-18-10-11-19(2)23(16-18)28-15-7-14-25(3,4)24(27)26-22-13-12-20-8-5-6-9-21(20)17-22/h5-6,8-13,16-17H,7,14-15H2,1-4H3,(H,26,27). The molecule has 3 aromatic rings. The van der Waals surface area contributed by atoms with Crippen LogP contribution >= 0.6 is 0 Å². The van der Waals surface area contributed by atoms with Crippen molar-refractivity contribution in [3.05, 3.63) is 71.8 Å². The fraction of sp³-hybridized carbons (Fsp3) is 0.320. The van der Waals surface area contributed by atoms with Crippen molar-refractivity contribution >= 4 is 22.4 Å². The van der Waals surface area contributed by atoms with Crippen LogP contribution in [0.4, 0.5) is 5.69 Å². The van der Waals surface area contributed by atoms with Crippen molar-refractivity contribution in [2.45, 2.75) is 40.5 Å². The van der Waals surface area contributed by atoms with Crippen molar-refractivity contribution in [3.8, 4) is 5.75 Å². The van der Waals surface area contributed by atoms with Crippen LogP contribution in [0.2, 0.25) is 0 Å². The zero-order valence-corrected chi connectivity index (χ0v) is 17.2. The number of hydrogen-bond donors (Lipinski definition) is 1. The Balaban J connectivity index is 1.54. The molecule has 28 heavy (non-hydrogen) atoms. The van der Waals surface area contributed by atoms with Gasteiger partial charge in [-0.2, -0.15) is 0 Å². The number of aryl methyl sites for hydroxylation is 2. The van der Waals surface area contributed by atoms with Gasteiger partial charge in [0, 0.05) is 11.1 Å². The molecule has 0 aromatic heterocycles. The van der Waals surface area contributed by atoms with Crippen molar-refractivity contribution in [2.75, 3.05) is 11.9 Å². The van der Waals surface area contributed by atoms with E-state index < -0.39 is 5.41 Å². The van der Waals surface area contributed by atoms with Gasteiger partial charge in [-0.15, -0.1) is 0 Å². The molecule has 0 saturated carbocycles. The van der Waals surface area contributed by atoms with E-state index in [-0.39, 0.29) is 5.91 Å². The van der Waals surface area contributed by atoms with Crippen LogP contribution in [0.1, 0.15) is 37.8 Å². The molecule has 3 aromatic carbocycles. The summed E-state index contributed by atoms with van der Waals surface area (Å²) in [5, 5.41) is 5.36. The molecule has 0 heterocycles. The summed E-state index contributed by atoms with van der Waals surface area (Å²) in [6, 6.07) is 20.4. The van der Waals surface area contributed by atoms with Gasteiger partial charge in [0.25, 0.3) is 0 Å². The van der Waals surface area contributed by atoms with Gasteiger partial charge in [0.2, 0.25) is 5.91 Å². The van der Waals surface area contributed by atoms with Crippen molar-refractivity contribution in [3.63, 3.8) is 0 Å². The summed E-state index contributed by atoms with van der Waals surface area (Å²) < 4.78 is 5.93. The number of hydrogen-bond acceptors (Lipinski definition) is 2. The lowest BCUT2D eigenvalue weighted by molar-refractivity contribution is -0.124. The van der Waals surface area contributed by atoms with Crippen molar-refractivity contribution in [1.29, 1.82) is 0 Å². The summed E-state index contributed by atoms with van der Waals surface area (Å²) in [6.45, 7) is 8.70. The summed E-state index contributed by atoms with van der Waals surface area (Å²) in [4.78, 5) is 12.8. The fourth-order valence-electron chi connectivity index (χ4n) is 3.24. The van der Waals surface area contributed by atoms with E-state index in [2.05, 4.69) is 49.5 Å². The zero-order valence-electron chi connectivity index (χ0n) is 17.2. The molecule has 0 aliphatic heterocycles. The van der Waals surface area contributed by atoms with Gasteiger partial charge in [-0.3, -0.25) is 4.79 Å². The highest BCUT2D eigenvalue weighted by Gasteiger charge is 2.27. The second-order valence-electron chi connectivity index (χ2n) is 8.12. The van der Waals surface area contributed by atoms with Gasteiger partial charge in [-0.25, -0.2) is 0 Å². The molecule has 0 spiro atoms. The van der Waals surface area contributed by atoms with Gasteiger partial charge >= 0.3 is 0 Å². The van der Waals surface area contributed by atoms with E-state index in [1.165, 1.54) is 10.9 Å². The average molecular weight is 376 g/mol. The van der Waals surface area contributed by atoms with Crippen LogP contribution < -0.4 is 10.1 Å². The SMILES string of the molecule is Cc1ccc(C)c(OCCCC(C)(C)C(=O)Nc2ccc3ccccc3c2)c1. The normalized spacial score (nSPS) is 11.4. The molecule has 146 valence electrons. The minimum atomic E-state index is -0.462. The van der Waals surface area contributed by atoms with Crippen LogP contribution in [-0.4, -0.2) is 12.5 Å². The molecule has 1 N–H and O–H groups in total. The molecule has 0 saturated heterocycles. The van der Waals surface area contributed by atoms with E-state index >= 15 is 0 Å². The zero-order chi connectivity index (χ0) is 20.1. The molecule has 3 nitrogen and oxygen atoms in total. The number of amides is 1. The number of fused-ring (bicyclic) bond motifs is 1. The molecule has 3 rings (SSSR count). The summed E-state index contributed by atoms with van der Waals surface area (Å²) in [5.74, 6) is 0.966. The lowest BCUT2D eigenvalue weighted by atomic mass is 9.87. The predicted molar refractivity (Wildman–Crippen MR) is 117 cm³/mol. The summed E-state index contributed by atoms with van der Waals surface area (Å²) in [6.07, 6.45) is 1.59. The average Bonchev–Trinajstić information content (AvgIpc) is 2.67. The van der Waals surface area contributed by atoms with E-state index in [1.54, 1.807) is 0 Å². The van der Waals surface area contributed by atoms with Crippen LogP contribution in [0.3, 0.4) is 0 Å². The molecule has 0 aliphatic rings. The highest BCUT2D eigenvalue weighted by atomic mass is 16.5. The Kier molecular flexibility index (Phi) is 6.03. The number of carbonyl (C=O) groups is 1. The van der Waals surface area contributed by atoms with Gasteiger partial charge < -0.3 is 10.1 Å². The highest BCUT2D eigenvalue weighted by Crippen LogP contribution is 2.27. The molecule has 0 atom stereocenters. The highest BCUT2D eigenvalue weighted by molar-refractivity contribution is 5.97. The second kappa shape index (κ2) is 8.47. The molecule has 0 aliphatic carbocycles. The third-order valence-corrected chi connectivity index (χ3v) is 5.17. The molecule has 0 radical (unpaired) electrons. The van der Waals surface area contributed by atoms with Crippen molar-refractivity contribution in [2.24, 2.45) is 5.41 Å². The Hall–Kier alpha value is -2.81. The lowest BCUT2D eigenvalue weighted by Gasteiger charge is -2.24. The van der Waals surface area contributed by atoms with Gasteiger partial charge in [-0.05, 0) is 66.8 Å². The van der Waals surface area contributed by atoms with Gasteiger partial charge in [0.05, 0.1) is 6.61 Å². The second-order valence-corrected chi connectivity index (χ2v) is 8.12. The van der Waals surface area contributed by atoms with E-state index in [4.69, 9.17) is 4.74 Å². The fourth-order valence-corrected chi connectivity index (χ4v) is 3.24. The minimum Gasteiger partial charge on any atom is -0.493 e. The van der Waals surface area contributed by atoms with Gasteiger partial charge in [0.15, 0.2) is 0 Å². The number of nitrogens with one attached hydrogen (secondary N) is 1. The van der Waals surface area contributed by atoms with Gasteiger partial charge in [-0.1, -0.05) is 56.3 Å². The van der Waals surface area contributed by atoms with E-state index in [1.807, 2.05) is 44.2 Å². The first-order chi connectivity index (χ1) is 13.3. The Bertz CT molecular complexity index is 975. The number of anilines is 1. The third-order valence-electron chi connectivity index (χ3n) is 5.17. The molecule has 0 unspecified atom stereocenters. The molecule has 0 fully saturated rings. The molecular formula is C25H29NO2. The maximum Gasteiger partial charge on any atom is 0.230 e. The number of benzene rings is 3. The smallest absolute Gasteiger partial charge is 0.230 e. The summed E-state index contributed by atoms with van der Waals surface area (Å²) >= 11 is 0. The Morgan fingerprint density at radius 1 is 0.964 bits per heavy atom. The number of ether oxygens (including phenoxy) is 1. The Morgan fingerprint density at radius 2 is 1.71 bits per heavy atom. The maximum absolute atomic E-state index is 12.8. The minimum absolute atomic E-state index is 0.0366. The van der Waals surface area contributed by atoms with E-state index in [0.29, 0.717) is 6.61 Å². The van der Waals surface area contributed by atoms with E-state index in [0.717, 1.165) is 35.2 Å². The largest absolute Gasteiger partial charge is 0.493 e. The monoisotopic (exact) mass is 375 g/mol. The maximum atomic E-state index is 12.8. The number of rotatable bonds is 7. The van der Waals surface area contributed by atoms with Gasteiger partial charge in [0.1, 0.15) is 5.75 Å². The summed E-state index contributed by atoms with van der Waals surface area (Å²) in [7, 11) is 0. The topological polar surface area (TPSA) is 38.3 Å². The third kappa shape index (κ3) is 4.92. The molecule has 0 bridgehead atoms. The molecule has 1 amide bonds. The predicted octanol–water partition coefficient (Wildman–Crippen LogP) is 6.28. The van der Waals surface area contributed by atoms with Crippen LogP contribution in [0.5, 0.6) is 5.75 Å². The molecule has 3 heteroatoms.